The Hall–Kier alpha value is -5.48. The standard InChI is InChI=1S/C34H32F2N4O9S/c1-39-13-12-30(43)40(34(39)46)24-8-4-20(5-9-24)16-28(33(45)49-15-14-41)37-32(44)31-26(35)18-23(19-27(31)36)38-50(47,48)25-10-6-22(7-11-25)29(42)17-21-2-3-21/h4-13,18-19,21,28,38,41H,2-3,14-17H2,1H3,(H,37,44)/t28-/m0/s1. The van der Waals surface area contributed by atoms with Crippen molar-refractivity contribution in [3.8, 4) is 5.69 Å². The summed E-state index contributed by atoms with van der Waals surface area (Å²) in [7, 11) is -2.88. The fourth-order valence-corrected chi connectivity index (χ4v) is 6.12. The highest BCUT2D eigenvalue weighted by atomic mass is 32.2. The van der Waals surface area contributed by atoms with Crippen LogP contribution in [0.3, 0.4) is 0 Å². The first-order valence-electron chi connectivity index (χ1n) is 15.4. The molecule has 0 saturated heterocycles. The molecule has 4 aromatic rings. The number of aliphatic hydroxyl groups is 1. The van der Waals surface area contributed by atoms with Gasteiger partial charge in [0.05, 0.1) is 22.9 Å². The summed E-state index contributed by atoms with van der Waals surface area (Å²) in [6, 6.07) is 11.8. The van der Waals surface area contributed by atoms with Crippen molar-refractivity contribution in [3.05, 3.63) is 122 Å². The number of hydrogen-bond donors (Lipinski definition) is 3. The molecular formula is C34H32F2N4O9S. The number of nitrogens with zero attached hydrogens (tertiary/aromatic N) is 2. The Bertz CT molecular complexity index is 2140. The van der Waals surface area contributed by atoms with Gasteiger partial charge in [-0.25, -0.2) is 31.4 Å². The summed E-state index contributed by atoms with van der Waals surface area (Å²) in [6.45, 7) is -0.966. The molecular weight excluding hydrogens is 678 g/mol. The number of ether oxygens (including phenoxy) is 1. The second kappa shape index (κ2) is 15.0. The number of nitrogens with one attached hydrogen (secondary N) is 2. The number of aromatic nitrogens is 2. The second-order valence-electron chi connectivity index (χ2n) is 11.7. The van der Waals surface area contributed by atoms with Crippen molar-refractivity contribution in [1.29, 1.82) is 0 Å². The molecule has 0 radical (unpaired) electrons. The van der Waals surface area contributed by atoms with Crippen molar-refractivity contribution >= 4 is 33.4 Å². The average molecular weight is 711 g/mol. The molecule has 0 aliphatic heterocycles. The van der Waals surface area contributed by atoms with Crippen LogP contribution >= 0.6 is 0 Å². The molecule has 1 aromatic heterocycles. The van der Waals surface area contributed by atoms with E-state index in [0.29, 0.717) is 35.6 Å². The van der Waals surface area contributed by atoms with Crippen LogP contribution < -0.4 is 21.3 Å². The molecule has 3 aromatic carbocycles. The minimum atomic E-state index is -4.35. The number of benzene rings is 3. The normalized spacial score (nSPS) is 13.4. The van der Waals surface area contributed by atoms with E-state index in [4.69, 9.17) is 9.84 Å². The van der Waals surface area contributed by atoms with Crippen molar-refractivity contribution in [2.45, 2.75) is 36.6 Å². The highest BCUT2D eigenvalue weighted by Gasteiger charge is 2.28. The molecule has 0 unspecified atom stereocenters. The van der Waals surface area contributed by atoms with Crippen LogP contribution in [-0.4, -0.2) is 59.6 Å². The monoisotopic (exact) mass is 710 g/mol. The maximum atomic E-state index is 15.2. The topological polar surface area (TPSA) is 183 Å². The zero-order valence-corrected chi connectivity index (χ0v) is 27.4. The molecule has 5 rings (SSSR count). The molecule has 262 valence electrons. The minimum Gasteiger partial charge on any atom is -0.462 e. The van der Waals surface area contributed by atoms with Crippen molar-refractivity contribution in [2.24, 2.45) is 13.0 Å². The average Bonchev–Trinajstić information content (AvgIpc) is 3.89. The summed E-state index contributed by atoms with van der Waals surface area (Å²) in [5.74, 6) is -5.04. The number of halogens is 2. The SMILES string of the molecule is Cn1ccc(=O)n(-c2ccc(C[C@H](NC(=O)c3c(F)cc(NS(=O)(=O)c4ccc(C(=O)CC5CC5)cc4)cc3F)C(=O)OCCO)cc2)c1=O. The zero-order valence-electron chi connectivity index (χ0n) is 26.6. The Morgan fingerprint density at radius 2 is 1.62 bits per heavy atom. The van der Waals surface area contributed by atoms with Gasteiger partial charge in [0, 0.05) is 37.7 Å². The molecule has 1 aliphatic rings. The summed E-state index contributed by atoms with van der Waals surface area (Å²) >= 11 is 0. The number of esters is 1. The van der Waals surface area contributed by atoms with E-state index in [1.807, 2.05) is 0 Å². The van der Waals surface area contributed by atoms with E-state index in [1.165, 1.54) is 72.4 Å². The fraction of sp³-hybridized carbons (Fsp3) is 0.265. The first-order chi connectivity index (χ1) is 23.8. The smallest absolute Gasteiger partial charge is 0.335 e. The number of sulfonamides is 1. The third-order valence-electron chi connectivity index (χ3n) is 7.89. The second-order valence-corrected chi connectivity index (χ2v) is 13.4. The van der Waals surface area contributed by atoms with Crippen LogP contribution in [0.1, 0.15) is 45.5 Å². The third kappa shape index (κ3) is 8.38. The predicted octanol–water partition coefficient (Wildman–Crippen LogP) is 2.47. The van der Waals surface area contributed by atoms with Crippen LogP contribution in [0.25, 0.3) is 5.69 Å². The molecule has 50 heavy (non-hydrogen) atoms. The fourth-order valence-electron chi connectivity index (χ4n) is 5.08. The van der Waals surface area contributed by atoms with Crippen LogP contribution in [0.4, 0.5) is 14.5 Å². The number of aryl methyl sites for hydroxylation is 1. The van der Waals surface area contributed by atoms with E-state index in [2.05, 4.69) is 10.0 Å². The van der Waals surface area contributed by atoms with E-state index < -0.39 is 75.3 Å². The Morgan fingerprint density at radius 1 is 0.980 bits per heavy atom. The lowest BCUT2D eigenvalue weighted by Gasteiger charge is -2.19. The molecule has 1 aliphatic carbocycles. The predicted molar refractivity (Wildman–Crippen MR) is 176 cm³/mol. The lowest BCUT2D eigenvalue weighted by atomic mass is 10.0. The van der Waals surface area contributed by atoms with E-state index in [0.717, 1.165) is 17.4 Å². The van der Waals surface area contributed by atoms with E-state index in [-0.39, 0.29) is 22.8 Å². The number of Topliss-reactive ketones (excluding diaryl/α,β-unsaturated/α-hetero) is 1. The summed E-state index contributed by atoms with van der Waals surface area (Å²) in [6.07, 6.45) is 3.40. The highest BCUT2D eigenvalue weighted by molar-refractivity contribution is 7.92. The first kappa shape index (κ1) is 35.8. The van der Waals surface area contributed by atoms with Gasteiger partial charge in [-0.3, -0.25) is 19.1 Å². The molecule has 3 N–H and O–H groups in total. The maximum absolute atomic E-state index is 15.2. The molecule has 1 atom stereocenters. The molecule has 1 saturated carbocycles. The number of carbonyl (C=O) groups excluding carboxylic acids is 3. The first-order valence-corrected chi connectivity index (χ1v) is 16.9. The lowest BCUT2D eigenvalue weighted by Crippen LogP contribution is -2.44. The molecule has 0 bridgehead atoms. The van der Waals surface area contributed by atoms with Gasteiger partial charge >= 0.3 is 11.7 Å². The molecule has 16 heteroatoms. The van der Waals surface area contributed by atoms with Gasteiger partial charge in [-0.05, 0) is 60.7 Å². The maximum Gasteiger partial charge on any atom is 0.335 e. The van der Waals surface area contributed by atoms with Crippen molar-refractivity contribution in [3.63, 3.8) is 0 Å². The van der Waals surface area contributed by atoms with Gasteiger partial charge in [-0.2, -0.15) is 0 Å². The number of anilines is 1. The van der Waals surface area contributed by atoms with Crippen LogP contribution in [0.15, 0.2) is 87.4 Å². The summed E-state index contributed by atoms with van der Waals surface area (Å²) < 4.78 is 65.3. The quantitative estimate of drug-likeness (QED) is 0.131. The van der Waals surface area contributed by atoms with Gasteiger partial charge in [0.15, 0.2) is 5.78 Å². The van der Waals surface area contributed by atoms with Crippen LogP contribution in [0.5, 0.6) is 0 Å². The van der Waals surface area contributed by atoms with E-state index in [1.54, 1.807) is 0 Å². The Labute approximate surface area is 284 Å². The lowest BCUT2D eigenvalue weighted by molar-refractivity contribution is -0.146. The largest absolute Gasteiger partial charge is 0.462 e. The van der Waals surface area contributed by atoms with Gasteiger partial charge in [-0.15, -0.1) is 0 Å². The Morgan fingerprint density at radius 3 is 2.22 bits per heavy atom. The molecule has 1 fully saturated rings. The van der Waals surface area contributed by atoms with Crippen LogP contribution in [0.2, 0.25) is 0 Å². The summed E-state index contributed by atoms with van der Waals surface area (Å²) in [5.41, 5.74) is -1.86. The van der Waals surface area contributed by atoms with E-state index in [9.17, 15) is 32.4 Å². The van der Waals surface area contributed by atoms with Gasteiger partial charge < -0.3 is 19.7 Å². The summed E-state index contributed by atoms with van der Waals surface area (Å²) in [4.78, 5) is 62.7. The van der Waals surface area contributed by atoms with Crippen LogP contribution in [-0.2, 0) is 33.0 Å². The number of hydrogen-bond acceptors (Lipinski definition) is 9. The van der Waals surface area contributed by atoms with E-state index >= 15 is 8.78 Å². The van der Waals surface area contributed by atoms with Gasteiger partial charge in [0.1, 0.15) is 29.8 Å². The molecule has 13 nitrogen and oxygen atoms in total. The van der Waals surface area contributed by atoms with Gasteiger partial charge in [-0.1, -0.05) is 24.3 Å². The molecule has 1 amide bonds. The number of aliphatic hydroxyl groups excluding tert-OH is 1. The number of rotatable bonds is 14. The Balaban J connectivity index is 1.31. The van der Waals surface area contributed by atoms with Crippen molar-refractivity contribution in [1.82, 2.24) is 14.5 Å². The minimum absolute atomic E-state index is 0.112. The van der Waals surface area contributed by atoms with Crippen molar-refractivity contribution in [2.75, 3.05) is 17.9 Å². The van der Waals surface area contributed by atoms with Crippen molar-refractivity contribution < 1.29 is 41.4 Å². The summed E-state index contributed by atoms with van der Waals surface area (Å²) in [5, 5.41) is 11.3. The number of amides is 1. The molecule has 0 spiro atoms. The Kier molecular flexibility index (Phi) is 10.7. The zero-order chi connectivity index (χ0) is 36.2. The highest BCUT2D eigenvalue weighted by Crippen LogP contribution is 2.33. The molecule has 1 heterocycles. The van der Waals surface area contributed by atoms with Gasteiger partial charge in [0.25, 0.3) is 21.5 Å². The number of carbonyl (C=O) groups is 3. The number of ketones is 1. The van der Waals surface area contributed by atoms with Crippen LogP contribution in [0, 0.1) is 17.6 Å². The third-order valence-corrected chi connectivity index (χ3v) is 9.29. The van der Waals surface area contributed by atoms with Gasteiger partial charge in [0.2, 0.25) is 0 Å².